The first-order valence-electron chi connectivity index (χ1n) is 8.25. The molecule has 1 atom stereocenters. The third kappa shape index (κ3) is 3.68. The van der Waals surface area contributed by atoms with Crippen LogP contribution >= 0.6 is 23.2 Å². The van der Waals surface area contributed by atoms with Gasteiger partial charge >= 0.3 is 0 Å². The summed E-state index contributed by atoms with van der Waals surface area (Å²) in [4.78, 5) is 30.9. The molecule has 0 aromatic heterocycles. The van der Waals surface area contributed by atoms with Crippen molar-refractivity contribution >= 4 is 40.7 Å². The van der Waals surface area contributed by atoms with Crippen molar-refractivity contribution in [3.8, 4) is 0 Å². The van der Waals surface area contributed by atoms with Crippen molar-refractivity contribution < 1.29 is 9.59 Å². The third-order valence-corrected chi connectivity index (χ3v) is 5.20. The summed E-state index contributed by atoms with van der Waals surface area (Å²) < 4.78 is 0. The standard InChI is InChI=1S/C17H21Cl2N3O2/c1-2-20-3-5-21(6-4-20)17(24)12-7-16(23)22(11-12)15-9-13(18)8-14(19)10-15/h8-10,12H,2-7,11H2,1H3. The molecule has 130 valence electrons. The Morgan fingerprint density at radius 1 is 1.12 bits per heavy atom. The van der Waals surface area contributed by atoms with Crippen LogP contribution in [0, 0.1) is 5.92 Å². The van der Waals surface area contributed by atoms with Gasteiger partial charge in [-0.25, -0.2) is 0 Å². The molecule has 0 bridgehead atoms. The summed E-state index contributed by atoms with van der Waals surface area (Å²) in [6.07, 6.45) is 0.247. The van der Waals surface area contributed by atoms with Gasteiger partial charge in [-0.1, -0.05) is 30.1 Å². The summed E-state index contributed by atoms with van der Waals surface area (Å²) in [5.74, 6) is -0.267. The van der Waals surface area contributed by atoms with Gasteiger partial charge in [0.25, 0.3) is 0 Å². The van der Waals surface area contributed by atoms with E-state index in [1.54, 1.807) is 23.1 Å². The van der Waals surface area contributed by atoms with E-state index in [0.29, 0.717) is 22.3 Å². The Bertz CT molecular complexity index is 624. The van der Waals surface area contributed by atoms with Crippen LogP contribution < -0.4 is 4.90 Å². The molecule has 0 spiro atoms. The van der Waals surface area contributed by atoms with Crippen molar-refractivity contribution in [1.82, 2.24) is 9.80 Å². The van der Waals surface area contributed by atoms with Crippen LogP contribution in [0.25, 0.3) is 0 Å². The van der Waals surface area contributed by atoms with Crippen LogP contribution in [0.5, 0.6) is 0 Å². The van der Waals surface area contributed by atoms with Crippen molar-refractivity contribution in [3.63, 3.8) is 0 Å². The van der Waals surface area contributed by atoms with Gasteiger partial charge in [0, 0.05) is 54.9 Å². The lowest BCUT2D eigenvalue weighted by atomic mass is 10.1. The highest BCUT2D eigenvalue weighted by molar-refractivity contribution is 6.35. The number of rotatable bonds is 3. The van der Waals surface area contributed by atoms with Crippen LogP contribution in [0.15, 0.2) is 18.2 Å². The monoisotopic (exact) mass is 369 g/mol. The van der Waals surface area contributed by atoms with Crippen LogP contribution in [-0.2, 0) is 9.59 Å². The first-order valence-corrected chi connectivity index (χ1v) is 9.01. The number of anilines is 1. The third-order valence-electron chi connectivity index (χ3n) is 4.76. The van der Waals surface area contributed by atoms with Crippen LogP contribution in [0.1, 0.15) is 13.3 Å². The Balaban J connectivity index is 1.67. The summed E-state index contributed by atoms with van der Waals surface area (Å²) >= 11 is 12.0. The maximum Gasteiger partial charge on any atom is 0.228 e. The van der Waals surface area contributed by atoms with Gasteiger partial charge in [-0.05, 0) is 24.7 Å². The van der Waals surface area contributed by atoms with Crippen molar-refractivity contribution in [2.24, 2.45) is 5.92 Å². The smallest absolute Gasteiger partial charge is 0.228 e. The number of benzene rings is 1. The van der Waals surface area contributed by atoms with E-state index in [2.05, 4.69) is 11.8 Å². The lowest BCUT2D eigenvalue weighted by Crippen LogP contribution is -2.50. The molecule has 24 heavy (non-hydrogen) atoms. The fourth-order valence-electron chi connectivity index (χ4n) is 3.36. The Labute approximate surface area is 152 Å². The molecule has 2 fully saturated rings. The second kappa shape index (κ2) is 7.30. The summed E-state index contributed by atoms with van der Waals surface area (Å²) in [7, 11) is 0. The molecule has 0 radical (unpaired) electrons. The summed E-state index contributed by atoms with van der Waals surface area (Å²) in [6.45, 7) is 6.80. The molecule has 0 saturated carbocycles. The topological polar surface area (TPSA) is 43.9 Å². The molecule has 7 heteroatoms. The van der Waals surface area contributed by atoms with Crippen LogP contribution in [0.4, 0.5) is 5.69 Å². The van der Waals surface area contributed by atoms with Crippen molar-refractivity contribution in [2.75, 3.05) is 44.2 Å². The van der Waals surface area contributed by atoms with Gasteiger partial charge in [0.15, 0.2) is 0 Å². The number of halogens is 2. The molecular formula is C17H21Cl2N3O2. The molecule has 2 amide bonds. The number of carbonyl (C=O) groups excluding carboxylic acids is 2. The lowest BCUT2D eigenvalue weighted by molar-refractivity contribution is -0.137. The van der Waals surface area contributed by atoms with E-state index in [1.165, 1.54) is 0 Å². The Morgan fingerprint density at radius 3 is 2.33 bits per heavy atom. The van der Waals surface area contributed by atoms with Crippen LogP contribution in [0.2, 0.25) is 10.0 Å². The highest BCUT2D eigenvalue weighted by Crippen LogP contribution is 2.31. The van der Waals surface area contributed by atoms with E-state index in [4.69, 9.17) is 23.2 Å². The Kier molecular flexibility index (Phi) is 5.33. The van der Waals surface area contributed by atoms with E-state index in [-0.39, 0.29) is 24.2 Å². The number of piperazine rings is 1. The van der Waals surface area contributed by atoms with Gasteiger partial charge in [-0.15, -0.1) is 0 Å². The summed E-state index contributed by atoms with van der Waals surface area (Å²) in [5, 5.41) is 0.964. The number of likely N-dealkylation sites (N-methyl/N-ethyl adjacent to an activating group) is 1. The first kappa shape index (κ1) is 17.5. The van der Waals surface area contributed by atoms with Gasteiger partial charge in [-0.3, -0.25) is 9.59 Å². The second-order valence-corrected chi connectivity index (χ2v) is 7.17. The zero-order chi connectivity index (χ0) is 17.3. The molecular weight excluding hydrogens is 349 g/mol. The van der Waals surface area contributed by atoms with Crippen LogP contribution in [-0.4, -0.2) is 60.9 Å². The van der Waals surface area contributed by atoms with Gasteiger partial charge in [0.05, 0.1) is 5.92 Å². The predicted molar refractivity (Wildman–Crippen MR) is 95.6 cm³/mol. The largest absolute Gasteiger partial charge is 0.340 e. The number of hydrogen-bond acceptors (Lipinski definition) is 3. The van der Waals surface area contributed by atoms with E-state index in [0.717, 1.165) is 32.7 Å². The molecule has 2 saturated heterocycles. The molecule has 1 aromatic rings. The highest BCUT2D eigenvalue weighted by atomic mass is 35.5. The highest BCUT2D eigenvalue weighted by Gasteiger charge is 2.38. The summed E-state index contributed by atoms with van der Waals surface area (Å²) in [6, 6.07) is 5.04. The number of amides is 2. The molecule has 2 aliphatic rings. The van der Waals surface area contributed by atoms with E-state index >= 15 is 0 Å². The second-order valence-electron chi connectivity index (χ2n) is 6.29. The number of carbonyl (C=O) groups is 2. The minimum Gasteiger partial charge on any atom is -0.340 e. The number of nitrogens with zero attached hydrogens (tertiary/aromatic N) is 3. The fraction of sp³-hybridized carbons (Fsp3) is 0.529. The summed E-state index contributed by atoms with van der Waals surface area (Å²) in [5.41, 5.74) is 0.656. The lowest BCUT2D eigenvalue weighted by Gasteiger charge is -2.35. The zero-order valence-corrected chi connectivity index (χ0v) is 15.2. The normalized spacial score (nSPS) is 22.3. The van der Waals surface area contributed by atoms with E-state index in [9.17, 15) is 9.59 Å². The molecule has 3 rings (SSSR count). The Hall–Kier alpha value is -1.30. The van der Waals surface area contributed by atoms with Crippen molar-refractivity contribution in [2.45, 2.75) is 13.3 Å². The quantitative estimate of drug-likeness (QED) is 0.821. The van der Waals surface area contributed by atoms with Gasteiger partial charge < -0.3 is 14.7 Å². The van der Waals surface area contributed by atoms with Crippen LogP contribution in [0.3, 0.4) is 0 Å². The first-order chi connectivity index (χ1) is 11.5. The average Bonchev–Trinajstić information content (AvgIpc) is 2.95. The molecule has 5 nitrogen and oxygen atoms in total. The molecule has 0 aliphatic carbocycles. The Morgan fingerprint density at radius 2 is 1.75 bits per heavy atom. The maximum atomic E-state index is 12.7. The van der Waals surface area contributed by atoms with Crippen molar-refractivity contribution in [1.29, 1.82) is 0 Å². The van der Waals surface area contributed by atoms with Gasteiger partial charge in [0.1, 0.15) is 0 Å². The molecule has 2 heterocycles. The van der Waals surface area contributed by atoms with Gasteiger partial charge in [-0.2, -0.15) is 0 Å². The molecule has 1 aromatic carbocycles. The minimum atomic E-state index is -0.288. The van der Waals surface area contributed by atoms with Crippen molar-refractivity contribution in [3.05, 3.63) is 28.2 Å². The van der Waals surface area contributed by atoms with Gasteiger partial charge in [0.2, 0.25) is 11.8 Å². The SMILES string of the molecule is CCN1CCN(C(=O)C2CC(=O)N(c3cc(Cl)cc(Cl)c3)C2)CC1. The zero-order valence-electron chi connectivity index (χ0n) is 13.7. The number of hydrogen-bond donors (Lipinski definition) is 0. The minimum absolute atomic E-state index is 0.0566. The van der Waals surface area contributed by atoms with E-state index in [1.807, 2.05) is 4.90 Å². The molecule has 2 aliphatic heterocycles. The molecule has 0 N–H and O–H groups in total. The predicted octanol–water partition coefficient (Wildman–Crippen LogP) is 2.51. The molecule has 1 unspecified atom stereocenters. The average molecular weight is 370 g/mol. The van der Waals surface area contributed by atoms with E-state index < -0.39 is 0 Å². The fourth-order valence-corrected chi connectivity index (χ4v) is 3.87. The maximum absolute atomic E-state index is 12.7.